The molecule has 0 unspecified atom stereocenters. The summed E-state index contributed by atoms with van der Waals surface area (Å²) in [5.41, 5.74) is 2.15. The molecule has 94 valence electrons. The SMILES string of the molecule is CCN(C1CC1)S(=O)(=O)c1ccc(C)c(C)c1. The number of aryl methyl sites for hydroxylation is 2. The number of nitrogens with zero attached hydrogens (tertiary/aromatic N) is 1. The van der Waals surface area contributed by atoms with Gasteiger partial charge in [-0.15, -0.1) is 0 Å². The first kappa shape index (κ1) is 12.6. The van der Waals surface area contributed by atoms with Gasteiger partial charge in [-0.25, -0.2) is 8.42 Å². The van der Waals surface area contributed by atoms with Crippen LogP contribution in [-0.2, 0) is 10.0 Å². The van der Waals surface area contributed by atoms with Crippen LogP contribution in [0.15, 0.2) is 23.1 Å². The summed E-state index contributed by atoms with van der Waals surface area (Å²) in [6.45, 7) is 6.39. The fraction of sp³-hybridized carbons (Fsp3) is 0.538. The van der Waals surface area contributed by atoms with E-state index in [-0.39, 0.29) is 6.04 Å². The van der Waals surface area contributed by atoms with E-state index in [0.29, 0.717) is 11.4 Å². The van der Waals surface area contributed by atoms with Crippen molar-refractivity contribution < 1.29 is 8.42 Å². The molecule has 0 N–H and O–H groups in total. The number of sulfonamides is 1. The van der Waals surface area contributed by atoms with Gasteiger partial charge in [0.15, 0.2) is 0 Å². The minimum absolute atomic E-state index is 0.228. The van der Waals surface area contributed by atoms with Gasteiger partial charge < -0.3 is 0 Å². The minimum Gasteiger partial charge on any atom is -0.207 e. The van der Waals surface area contributed by atoms with E-state index in [4.69, 9.17) is 0 Å². The van der Waals surface area contributed by atoms with E-state index in [2.05, 4.69) is 0 Å². The van der Waals surface area contributed by atoms with Gasteiger partial charge in [0.2, 0.25) is 10.0 Å². The molecule has 1 aliphatic carbocycles. The normalized spacial score (nSPS) is 16.5. The average Bonchev–Trinajstić information content (AvgIpc) is 3.07. The van der Waals surface area contributed by atoms with Gasteiger partial charge in [0.1, 0.15) is 0 Å². The molecule has 0 heterocycles. The maximum absolute atomic E-state index is 12.4. The highest BCUT2D eigenvalue weighted by Gasteiger charge is 2.36. The van der Waals surface area contributed by atoms with Gasteiger partial charge in [-0.1, -0.05) is 13.0 Å². The monoisotopic (exact) mass is 253 g/mol. The summed E-state index contributed by atoms with van der Waals surface area (Å²) in [5.74, 6) is 0. The Balaban J connectivity index is 2.39. The molecular weight excluding hydrogens is 234 g/mol. The van der Waals surface area contributed by atoms with Crippen LogP contribution in [0.4, 0.5) is 0 Å². The van der Waals surface area contributed by atoms with Crippen LogP contribution in [0.1, 0.15) is 30.9 Å². The zero-order valence-electron chi connectivity index (χ0n) is 10.6. The van der Waals surface area contributed by atoms with E-state index in [9.17, 15) is 8.42 Å². The number of hydrogen-bond acceptors (Lipinski definition) is 2. The highest BCUT2D eigenvalue weighted by atomic mass is 32.2. The first-order chi connectivity index (χ1) is 7.96. The fourth-order valence-electron chi connectivity index (χ4n) is 2.00. The van der Waals surface area contributed by atoms with Crippen LogP contribution in [0, 0.1) is 13.8 Å². The molecule has 3 nitrogen and oxygen atoms in total. The van der Waals surface area contributed by atoms with Gasteiger partial charge in [0, 0.05) is 12.6 Å². The summed E-state index contributed by atoms with van der Waals surface area (Å²) in [4.78, 5) is 0.425. The molecule has 0 atom stereocenters. The second-order valence-electron chi connectivity index (χ2n) is 4.69. The van der Waals surface area contributed by atoms with Crippen LogP contribution in [0.5, 0.6) is 0 Å². The summed E-state index contributed by atoms with van der Waals surface area (Å²) in [5, 5.41) is 0. The Labute approximate surface area is 104 Å². The molecule has 0 radical (unpaired) electrons. The highest BCUT2D eigenvalue weighted by Crippen LogP contribution is 2.32. The maximum atomic E-state index is 12.4. The predicted octanol–water partition coefficient (Wildman–Crippen LogP) is 2.48. The molecule has 1 aliphatic rings. The van der Waals surface area contributed by atoms with Crippen molar-refractivity contribution >= 4 is 10.0 Å². The lowest BCUT2D eigenvalue weighted by Crippen LogP contribution is -2.32. The molecule has 1 aromatic carbocycles. The molecular formula is C13H19NO2S. The van der Waals surface area contributed by atoms with Gasteiger partial charge in [-0.3, -0.25) is 0 Å². The summed E-state index contributed by atoms with van der Waals surface area (Å²) in [6.07, 6.45) is 2.00. The lowest BCUT2D eigenvalue weighted by Gasteiger charge is -2.20. The predicted molar refractivity (Wildman–Crippen MR) is 68.5 cm³/mol. The molecule has 4 heteroatoms. The Morgan fingerprint density at radius 1 is 1.24 bits per heavy atom. The smallest absolute Gasteiger partial charge is 0.207 e. The Morgan fingerprint density at radius 3 is 2.35 bits per heavy atom. The second-order valence-corrected chi connectivity index (χ2v) is 6.58. The van der Waals surface area contributed by atoms with E-state index < -0.39 is 10.0 Å². The van der Waals surface area contributed by atoms with Crippen LogP contribution < -0.4 is 0 Å². The number of hydrogen-bond donors (Lipinski definition) is 0. The molecule has 0 spiro atoms. The third-order valence-corrected chi connectivity index (χ3v) is 5.37. The molecule has 17 heavy (non-hydrogen) atoms. The Bertz CT molecular complexity index is 518. The fourth-order valence-corrected chi connectivity index (χ4v) is 3.78. The Morgan fingerprint density at radius 2 is 1.88 bits per heavy atom. The van der Waals surface area contributed by atoms with Crippen molar-refractivity contribution in [1.29, 1.82) is 0 Å². The van der Waals surface area contributed by atoms with Crippen molar-refractivity contribution in [2.75, 3.05) is 6.54 Å². The standard InChI is InChI=1S/C13H19NO2S/c1-4-14(12-6-7-12)17(15,16)13-8-5-10(2)11(3)9-13/h5,8-9,12H,4,6-7H2,1-3H3. The van der Waals surface area contributed by atoms with Gasteiger partial charge >= 0.3 is 0 Å². The van der Waals surface area contributed by atoms with Crippen molar-refractivity contribution in [3.63, 3.8) is 0 Å². The first-order valence-corrected chi connectivity index (χ1v) is 7.50. The van der Waals surface area contributed by atoms with E-state index >= 15 is 0 Å². The van der Waals surface area contributed by atoms with Crippen molar-refractivity contribution in [3.05, 3.63) is 29.3 Å². The van der Waals surface area contributed by atoms with E-state index in [1.165, 1.54) is 0 Å². The number of benzene rings is 1. The molecule has 1 saturated carbocycles. The summed E-state index contributed by atoms with van der Waals surface area (Å²) in [7, 11) is -3.29. The van der Waals surface area contributed by atoms with Crippen molar-refractivity contribution in [1.82, 2.24) is 4.31 Å². The van der Waals surface area contributed by atoms with E-state index in [0.717, 1.165) is 24.0 Å². The lowest BCUT2D eigenvalue weighted by molar-refractivity contribution is 0.421. The van der Waals surface area contributed by atoms with Crippen LogP contribution in [0.2, 0.25) is 0 Å². The quantitative estimate of drug-likeness (QED) is 0.826. The van der Waals surface area contributed by atoms with Gasteiger partial charge in [-0.2, -0.15) is 4.31 Å². The van der Waals surface area contributed by atoms with Gasteiger partial charge in [-0.05, 0) is 49.9 Å². The summed E-state index contributed by atoms with van der Waals surface area (Å²) >= 11 is 0. The molecule has 0 saturated heterocycles. The van der Waals surface area contributed by atoms with Crippen molar-refractivity contribution in [2.24, 2.45) is 0 Å². The van der Waals surface area contributed by atoms with Crippen LogP contribution >= 0.6 is 0 Å². The second kappa shape index (κ2) is 4.42. The Hall–Kier alpha value is -0.870. The average molecular weight is 253 g/mol. The summed E-state index contributed by atoms with van der Waals surface area (Å²) in [6, 6.07) is 5.59. The molecule has 1 fully saturated rings. The van der Waals surface area contributed by atoms with Gasteiger partial charge in [0.25, 0.3) is 0 Å². The highest BCUT2D eigenvalue weighted by molar-refractivity contribution is 7.89. The zero-order valence-corrected chi connectivity index (χ0v) is 11.4. The van der Waals surface area contributed by atoms with E-state index in [1.807, 2.05) is 26.8 Å². The maximum Gasteiger partial charge on any atom is 0.243 e. The zero-order chi connectivity index (χ0) is 12.6. The first-order valence-electron chi connectivity index (χ1n) is 6.06. The van der Waals surface area contributed by atoms with E-state index in [1.54, 1.807) is 16.4 Å². The molecule has 0 bridgehead atoms. The summed E-state index contributed by atoms with van der Waals surface area (Å²) < 4.78 is 26.5. The molecule has 1 aromatic rings. The largest absolute Gasteiger partial charge is 0.243 e. The van der Waals surface area contributed by atoms with Crippen LogP contribution in [0.25, 0.3) is 0 Å². The van der Waals surface area contributed by atoms with Crippen molar-refractivity contribution in [2.45, 2.75) is 44.6 Å². The molecule has 2 rings (SSSR count). The van der Waals surface area contributed by atoms with Gasteiger partial charge in [0.05, 0.1) is 4.90 Å². The molecule has 0 amide bonds. The third kappa shape index (κ3) is 2.38. The topological polar surface area (TPSA) is 37.4 Å². The lowest BCUT2D eigenvalue weighted by atomic mass is 10.1. The minimum atomic E-state index is -3.29. The Kier molecular flexibility index (Phi) is 3.27. The number of rotatable bonds is 4. The van der Waals surface area contributed by atoms with Crippen LogP contribution in [0.3, 0.4) is 0 Å². The third-order valence-electron chi connectivity index (χ3n) is 3.35. The van der Waals surface area contributed by atoms with Crippen LogP contribution in [-0.4, -0.2) is 25.3 Å². The van der Waals surface area contributed by atoms with Crippen molar-refractivity contribution in [3.8, 4) is 0 Å². The molecule has 0 aromatic heterocycles. The molecule has 0 aliphatic heterocycles.